The Balaban J connectivity index is 1.99. The van der Waals surface area contributed by atoms with Gasteiger partial charge in [-0.15, -0.1) is 0 Å². The van der Waals surface area contributed by atoms with Gasteiger partial charge < -0.3 is 14.9 Å². The normalized spacial score (nSPS) is 39.9. The van der Waals surface area contributed by atoms with Gasteiger partial charge in [0.1, 0.15) is 11.9 Å². The molecule has 2 saturated carbocycles. The van der Waals surface area contributed by atoms with E-state index in [0.29, 0.717) is 19.3 Å². The van der Waals surface area contributed by atoms with Crippen molar-refractivity contribution >= 4 is 16.1 Å². The van der Waals surface area contributed by atoms with Crippen LogP contribution in [-0.4, -0.2) is 53.7 Å². The molecule has 6 atom stereocenters. The molecule has 0 bridgehead atoms. The Bertz CT molecular complexity index is 801. The van der Waals surface area contributed by atoms with Crippen molar-refractivity contribution in [1.82, 2.24) is 0 Å². The van der Waals surface area contributed by atoms with Crippen LogP contribution in [0.15, 0.2) is 23.8 Å². The van der Waals surface area contributed by atoms with Crippen molar-refractivity contribution < 1.29 is 32.7 Å². The number of carbonyl (C=O) groups is 1. The van der Waals surface area contributed by atoms with E-state index < -0.39 is 38.3 Å². The monoisotopic (exact) mass is 414 g/mol. The van der Waals surface area contributed by atoms with E-state index in [9.17, 15) is 28.0 Å². The van der Waals surface area contributed by atoms with Crippen LogP contribution in [0.3, 0.4) is 0 Å². The number of esters is 1. The third-order valence-electron chi connectivity index (χ3n) is 7.60. The van der Waals surface area contributed by atoms with E-state index in [1.54, 1.807) is 0 Å². The highest BCUT2D eigenvalue weighted by atomic mass is 32.2. The standard InChI is InChI=1S/C20H30O7S/c1-12-4-5-16-19(2,8-6-17(22)20(16,3)11-21)14(12)10-15(28(24,25)26)13-7-9-27-18(13)23/h7,14-17,21-22H,1,4-6,8-11H2,2-3H3,(H,24,25,26)/t14-,15-,16+,17-,19+,20+/m1/s1. The number of hydrogen-bond donors (Lipinski definition) is 3. The average molecular weight is 415 g/mol. The molecule has 2 fully saturated rings. The number of hydrogen-bond acceptors (Lipinski definition) is 6. The van der Waals surface area contributed by atoms with Gasteiger partial charge in [0.05, 0.1) is 18.3 Å². The first-order valence-corrected chi connectivity index (χ1v) is 11.3. The summed E-state index contributed by atoms with van der Waals surface area (Å²) in [5, 5.41) is 19.3. The lowest BCUT2D eigenvalue weighted by atomic mass is 9.46. The van der Waals surface area contributed by atoms with E-state index in [0.717, 1.165) is 12.0 Å². The summed E-state index contributed by atoms with van der Waals surface area (Å²) in [4.78, 5) is 12.0. The zero-order valence-corrected chi connectivity index (χ0v) is 17.2. The first-order chi connectivity index (χ1) is 12.9. The number of allylic oxidation sites excluding steroid dienone is 1. The maximum Gasteiger partial charge on any atom is 0.335 e. The molecule has 1 aliphatic heterocycles. The summed E-state index contributed by atoms with van der Waals surface area (Å²) < 4.78 is 39.0. The molecule has 0 amide bonds. The van der Waals surface area contributed by atoms with Crippen LogP contribution < -0.4 is 0 Å². The van der Waals surface area contributed by atoms with Crippen molar-refractivity contribution in [2.24, 2.45) is 22.7 Å². The van der Waals surface area contributed by atoms with Crippen LogP contribution >= 0.6 is 0 Å². The largest absolute Gasteiger partial charge is 0.458 e. The molecule has 28 heavy (non-hydrogen) atoms. The molecular formula is C20H30O7S. The topological polar surface area (TPSA) is 121 Å². The number of fused-ring (bicyclic) bond motifs is 1. The highest BCUT2D eigenvalue weighted by Gasteiger charge is 2.58. The quantitative estimate of drug-likeness (QED) is 0.357. The SMILES string of the molecule is C=C1CC[C@@H]2[C@](C)(CO)[C@H](O)CC[C@@]2(C)[C@@H]1C[C@H](C1=CCOC1=O)S(=O)(=O)O. The first-order valence-electron chi connectivity index (χ1n) is 9.75. The smallest absolute Gasteiger partial charge is 0.335 e. The van der Waals surface area contributed by atoms with Gasteiger partial charge in [0.2, 0.25) is 0 Å². The molecule has 3 rings (SSSR count). The molecule has 7 nitrogen and oxygen atoms in total. The molecule has 0 aromatic rings. The van der Waals surface area contributed by atoms with Crippen molar-refractivity contribution in [3.05, 3.63) is 23.8 Å². The molecule has 1 heterocycles. The lowest BCUT2D eigenvalue weighted by Gasteiger charge is -2.60. The second-order valence-electron chi connectivity index (χ2n) is 9.02. The summed E-state index contributed by atoms with van der Waals surface area (Å²) in [5.41, 5.74) is -0.235. The van der Waals surface area contributed by atoms with Crippen LogP contribution in [0.1, 0.15) is 46.0 Å². The Kier molecular flexibility index (Phi) is 5.55. The number of carbonyl (C=O) groups excluding carboxylic acids is 1. The maximum atomic E-state index is 12.1. The molecule has 0 radical (unpaired) electrons. The van der Waals surface area contributed by atoms with Gasteiger partial charge in [-0.2, -0.15) is 8.42 Å². The minimum absolute atomic E-state index is 0.000465. The van der Waals surface area contributed by atoms with E-state index in [-0.39, 0.29) is 37.0 Å². The van der Waals surface area contributed by atoms with Gasteiger partial charge in [-0.1, -0.05) is 26.0 Å². The van der Waals surface area contributed by atoms with Gasteiger partial charge in [0, 0.05) is 5.41 Å². The highest BCUT2D eigenvalue weighted by Crippen LogP contribution is 2.62. The van der Waals surface area contributed by atoms with Crippen LogP contribution in [0.5, 0.6) is 0 Å². The van der Waals surface area contributed by atoms with Gasteiger partial charge in [0.25, 0.3) is 10.1 Å². The number of cyclic esters (lactones) is 1. The van der Waals surface area contributed by atoms with Gasteiger partial charge in [-0.05, 0) is 55.4 Å². The van der Waals surface area contributed by atoms with Crippen LogP contribution in [0.2, 0.25) is 0 Å². The van der Waals surface area contributed by atoms with Gasteiger partial charge >= 0.3 is 5.97 Å². The van der Waals surface area contributed by atoms with Crippen LogP contribution in [-0.2, 0) is 19.6 Å². The highest BCUT2D eigenvalue weighted by molar-refractivity contribution is 7.86. The van der Waals surface area contributed by atoms with Crippen molar-refractivity contribution in [2.75, 3.05) is 13.2 Å². The molecule has 0 aromatic heterocycles. The van der Waals surface area contributed by atoms with E-state index >= 15 is 0 Å². The summed E-state index contributed by atoms with van der Waals surface area (Å²) in [6.45, 7) is 7.94. The molecule has 0 aromatic carbocycles. The Labute approximate surface area is 166 Å². The van der Waals surface area contributed by atoms with Crippen molar-refractivity contribution in [2.45, 2.75) is 57.3 Å². The van der Waals surface area contributed by atoms with Crippen molar-refractivity contribution in [3.8, 4) is 0 Å². The molecule has 3 N–H and O–H groups in total. The minimum atomic E-state index is -4.52. The van der Waals surface area contributed by atoms with Crippen molar-refractivity contribution in [3.63, 3.8) is 0 Å². The zero-order chi connectivity index (χ0) is 20.9. The summed E-state index contributed by atoms with van der Waals surface area (Å²) in [5.74, 6) is -1.02. The lowest BCUT2D eigenvalue weighted by molar-refractivity contribution is -0.152. The summed E-state index contributed by atoms with van der Waals surface area (Å²) in [7, 11) is -4.52. The van der Waals surface area contributed by atoms with E-state index in [1.807, 2.05) is 6.92 Å². The molecule has 8 heteroatoms. The first kappa shape index (κ1) is 21.5. The van der Waals surface area contributed by atoms with Crippen LogP contribution in [0.25, 0.3) is 0 Å². The van der Waals surface area contributed by atoms with E-state index in [4.69, 9.17) is 4.74 Å². The summed E-state index contributed by atoms with van der Waals surface area (Å²) in [6.07, 6.45) is 3.36. The minimum Gasteiger partial charge on any atom is -0.458 e. The van der Waals surface area contributed by atoms with E-state index in [1.165, 1.54) is 6.08 Å². The fraction of sp³-hybridized carbons (Fsp3) is 0.750. The average Bonchev–Trinajstić information content (AvgIpc) is 3.02. The van der Waals surface area contributed by atoms with Gasteiger partial charge in [-0.3, -0.25) is 4.55 Å². The van der Waals surface area contributed by atoms with Crippen LogP contribution in [0, 0.1) is 22.7 Å². The lowest BCUT2D eigenvalue weighted by Crippen LogP contribution is -2.57. The van der Waals surface area contributed by atoms with E-state index in [2.05, 4.69) is 13.5 Å². The third-order valence-corrected chi connectivity index (χ3v) is 8.77. The molecule has 2 aliphatic carbocycles. The Morgan fingerprint density at radius 1 is 1.36 bits per heavy atom. The van der Waals surface area contributed by atoms with Crippen LogP contribution in [0.4, 0.5) is 0 Å². The summed E-state index contributed by atoms with van der Waals surface area (Å²) >= 11 is 0. The predicted molar refractivity (Wildman–Crippen MR) is 103 cm³/mol. The van der Waals surface area contributed by atoms with Gasteiger partial charge in [-0.25, -0.2) is 4.79 Å². The van der Waals surface area contributed by atoms with Gasteiger partial charge in [0.15, 0.2) is 0 Å². The third kappa shape index (κ3) is 3.34. The number of ether oxygens (including phenoxy) is 1. The summed E-state index contributed by atoms with van der Waals surface area (Å²) in [6, 6.07) is 0. The molecule has 0 unspecified atom stereocenters. The Hall–Kier alpha value is -1.22. The second-order valence-corrected chi connectivity index (χ2v) is 10.6. The molecule has 158 valence electrons. The molecular weight excluding hydrogens is 384 g/mol. The molecule has 0 spiro atoms. The number of rotatable bonds is 5. The maximum absolute atomic E-state index is 12.1. The Morgan fingerprint density at radius 2 is 2.04 bits per heavy atom. The fourth-order valence-corrected chi connectivity index (χ4v) is 6.84. The molecule has 0 saturated heterocycles. The van der Waals surface area contributed by atoms with Crippen molar-refractivity contribution in [1.29, 1.82) is 0 Å². The number of aliphatic hydroxyl groups is 2. The number of aliphatic hydroxyl groups excluding tert-OH is 2. The second kappa shape index (κ2) is 7.23. The zero-order valence-electron chi connectivity index (χ0n) is 16.4. The molecule has 3 aliphatic rings. The Morgan fingerprint density at radius 3 is 2.57 bits per heavy atom. The fourth-order valence-electron chi connectivity index (χ4n) is 5.90. The predicted octanol–water partition coefficient (Wildman–Crippen LogP) is 1.86.